The summed E-state index contributed by atoms with van der Waals surface area (Å²) in [7, 11) is -6.94. The van der Waals surface area contributed by atoms with Crippen molar-refractivity contribution in [3.05, 3.63) is 66.7 Å². The van der Waals surface area contributed by atoms with E-state index in [1.165, 1.54) is 43.3 Å². The fourth-order valence-corrected chi connectivity index (χ4v) is 5.77. The maximum Gasteiger partial charge on any atom is 0.178 e. The third-order valence-corrected chi connectivity index (χ3v) is 9.73. The Morgan fingerprint density at radius 3 is 2.02 bits per heavy atom. The zero-order valence-corrected chi connectivity index (χ0v) is 24.2. The number of nitrogens with zero attached hydrogens (tertiary/aromatic N) is 4. The highest BCUT2D eigenvalue weighted by Gasteiger charge is 2.16. The van der Waals surface area contributed by atoms with Crippen molar-refractivity contribution < 1.29 is 27.0 Å². The molecule has 13 heteroatoms. The molecule has 214 valence electrons. The highest BCUT2D eigenvalue weighted by atomic mass is 32.2. The highest BCUT2D eigenvalue weighted by molar-refractivity contribution is 7.91. The molecule has 41 heavy (non-hydrogen) atoms. The van der Waals surface area contributed by atoms with Crippen LogP contribution in [-0.4, -0.2) is 45.1 Å². The van der Waals surface area contributed by atoms with Gasteiger partial charge in [-0.3, -0.25) is 0 Å². The van der Waals surface area contributed by atoms with Crippen molar-refractivity contribution in [1.29, 1.82) is 0 Å². The number of hydrogen-bond acceptors (Lipinski definition) is 11. The second kappa shape index (κ2) is 12.0. The van der Waals surface area contributed by atoms with Crippen LogP contribution in [0.2, 0.25) is 0 Å². The molecular weight excluding hydrogens is 566 g/mol. The van der Waals surface area contributed by atoms with Crippen LogP contribution in [0.4, 0.5) is 28.4 Å². The lowest BCUT2D eigenvalue weighted by Gasteiger charge is -2.12. The molecule has 4 aromatic rings. The van der Waals surface area contributed by atoms with Gasteiger partial charge in [0.15, 0.2) is 25.4 Å². The first-order valence-electron chi connectivity index (χ1n) is 12.7. The van der Waals surface area contributed by atoms with Gasteiger partial charge in [-0.25, -0.2) is 16.8 Å². The normalized spacial score (nSPS) is 12.5. The zero-order chi connectivity index (χ0) is 29.8. The van der Waals surface area contributed by atoms with Crippen LogP contribution in [0.3, 0.4) is 0 Å². The van der Waals surface area contributed by atoms with Gasteiger partial charge in [0.1, 0.15) is 22.8 Å². The summed E-state index contributed by atoms with van der Waals surface area (Å²) in [5, 5.41) is 42.0. The average molecular weight is 596 g/mol. The van der Waals surface area contributed by atoms with Crippen LogP contribution in [-0.2, 0) is 19.7 Å². The lowest BCUT2D eigenvalue weighted by atomic mass is 10.1. The van der Waals surface area contributed by atoms with Gasteiger partial charge < -0.3 is 15.5 Å². The second-order valence-corrected chi connectivity index (χ2v) is 13.4. The summed E-state index contributed by atoms with van der Waals surface area (Å²) in [5.41, 5.74) is 1.43. The Morgan fingerprint density at radius 1 is 0.683 bits per heavy atom. The van der Waals surface area contributed by atoms with E-state index in [0.717, 1.165) is 0 Å². The average Bonchev–Trinajstić information content (AvgIpc) is 2.97. The lowest BCUT2D eigenvalue weighted by Crippen LogP contribution is -2.02. The second-order valence-electron chi connectivity index (χ2n) is 8.88. The van der Waals surface area contributed by atoms with Gasteiger partial charge in [0.05, 0.1) is 32.7 Å². The maximum atomic E-state index is 12.3. The van der Waals surface area contributed by atoms with Gasteiger partial charge >= 0.3 is 0 Å². The summed E-state index contributed by atoms with van der Waals surface area (Å²) in [6.07, 6.45) is 0. The zero-order valence-electron chi connectivity index (χ0n) is 22.6. The van der Waals surface area contributed by atoms with Crippen molar-refractivity contribution in [1.82, 2.24) is 0 Å². The fourth-order valence-electron chi connectivity index (χ4n) is 3.95. The van der Waals surface area contributed by atoms with Gasteiger partial charge in [-0.1, -0.05) is 19.9 Å². The molecule has 3 N–H and O–H groups in total. The molecule has 0 bridgehead atoms. The van der Waals surface area contributed by atoms with E-state index in [1.54, 1.807) is 37.3 Å². The van der Waals surface area contributed by atoms with E-state index in [2.05, 4.69) is 25.8 Å². The van der Waals surface area contributed by atoms with E-state index in [0.29, 0.717) is 34.4 Å². The molecule has 0 aromatic heterocycles. The Labute approximate surface area is 238 Å². The molecule has 0 spiro atoms. The summed E-state index contributed by atoms with van der Waals surface area (Å²) in [5.74, 6) is -0.627. The number of azo groups is 2. The third-order valence-electron chi connectivity index (χ3n) is 6.26. The number of nitrogens with one attached hydrogen (secondary N) is 1. The van der Waals surface area contributed by atoms with Crippen molar-refractivity contribution in [2.45, 2.75) is 30.6 Å². The van der Waals surface area contributed by atoms with Crippen LogP contribution in [0.1, 0.15) is 20.8 Å². The van der Waals surface area contributed by atoms with E-state index in [-0.39, 0.29) is 44.2 Å². The molecule has 0 unspecified atom stereocenters. The van der Waals surface area contributed by atoms with Gasteiger partial charge in [0, 0.05) is 17.3 Å². The Balaban J connectivity index is 1.76. The summed E-state index contributed by atoms with van der Waals surface area (Å²) < 4.78 is 49.0. The number of aromatic hydroxyl groups is 2. The minimum atomic E-state index is -3.53. The monoisotopic (exact) mass is 595 g/mol. The quantitative estimate of drug-likeness (QED) is 0.164. The van der Waals surface area contributed by atoms with Gasteiger partial charge in [0.25, 0.3) is 0 Å². The first-order valence-corrected chi connectivity index (χ1v) is 16.1. The summed E-state index contributed by atoms with van der Waals surface area (Å²) >= 11 is 0. The molecule has 0 aliphatic heterocycles. The number of phenols is 2. The molecule has 4 rings (SSSR count). The molecule has 0 saturated carbocycles. The first kappa shape index (κ1) is 29.6. The minimum absolute atomic E-state index is 0.00160. The molecule has 0 aliphatic rings. The van der Waals surface area contributed by atoms with Crippen molar-refractivity contribution in [2.24, 2.45) is 20.5 Å². The SMILES string of the molecule is CCNc1ccc2c(O)c(N=Nc3cc(S(=O)(=O)CC)ccc3O)ccc2c1N=Nc1cccc(S(=O)(=O)CC)c1. The van der Waals surface area contributed by atoms with Gasteiger partial charge in [0.2, 0.25) is 0 Å². The number of sulfone groups is 2. The van der Waals surface area contributed by atoms with Gasteiger partial charge in [-0.2, -0.15) is 5.11 Å². The van der Waals surface area contributed by atoms with Crippen LogP contribution >= 0.6 is 0 Å². The fraction of sp³-hybridized carbons (Fsp3) is 0.214. The van der Waals surface area contributed by atoms with E-state index in [9.17, 15) is 27.0 Å². The van der Waals surface area contributed by atoms with E-state index >= 15 is 0 Å². The molecule has 4 aromatic carbocycles. The Bertz CT molecular complexity index is 1890. The Kier molecular flexibility index (Phi) is 8.69. The molecular formula is C28H29N5O6S2. The van der Waals surface area contributed by atoms with Crippen molar-refractivity contribution in [2.75, 3.05) is 23.4 Å². The van der Waals surface area contributed by atoms with Gasteiger partial charge in [-0.05, 0) is 67.6 Å². The minimum Gasteiger partial charge on any atom is -0.506 e. The van der Waals surface area contributed by atoms with Crippen molar-refractivity contribution in [3.63, 3.8) is 0 Å². The largest absolute Gasteiger partial charge is 0.506 e. The van der Waals surface area contributed by atoms with Crippen LogP contribution in [0, 0.1) is 0 Å². The van der Waals surface area contributed by atoms with E-state index in [1.807, 2.05) is 6.92 Å². The maximum absolute atomic E-state index is 12.3. The number of rotatable bonds is 10. The molecule has 11 nitrogen and oxygen atoms in total. The van der Waals surface area contributed by atoms with Crippen LogP contribution in [0.15, 0.2) is 97.0 Å². The van der Waals surface area contributed by atoms with E-state index in [4.69, 9.17) is 0 Å². The number of hydrogen-bond donors (Lipinski definition) is 3. The molecule has 0 aliphatic carbocycles. The summed E-state index contributed by atoms with van der Waals surface area (Å²) in [6, 6.07) is 16.5. The molecule has 0 fully saturated rings. The lowest BCUT2D eigenvalue weighted by molar-refractivity contribution is 0.475. The first-order chi connectivity index (χ1) is 19.5. The molecule has 0 saturated heterocycles. The van der Waals surface area contributed by atoms with E-state index < -0.39 is 19.7 Å². The number of phenolic OH excluding ortho intramolecular Hbond substituents is 2. The smallest absolute Gasteiger partial charge is 0.178 e. The predicted molar refractivity (Wildman–Crippen MR) is 158 cm³/mol. The highest BCUT2D eigenvalue weighted by Crippen LogP contribution is 2.43. The summed E-state index contributed by atoms with van der Waals surface area (Å²) in [4.78, 5) is 0.149. The van der Waals surface area contributed by atoms with Crippen molar-refractivity contribution >= 4 is 58.9 Å². The summed E-state index contributed by atoms with van der Waals surface area (Å²) in [6.45, 7) is 5.59. The Hall–Kier alpha value is -4.36. The molecule has 0 atom stereocenters. The molecule has 0 amide bonds. The van der Waals surface area contributed by atoms with Crippen LogP contribution < -0.4 is 5.32 Å². The number of anilines is 1. The number of fused-ring (bicyclic) bond motifs is 1. The predicted octanol–water partition coefficient (Wildman–Crippen LogP) is 7.10. The topological polar surface area (TPSA) is 170 Å². The molecule has 0 radical (unpaired) electrons. The third kappa shape index (κ3) is 6.36. The van der Waals surface area contributed by atoms with Gasteiger partial charge in [-0.15, -0.1) is 15.3 Å². The van der Waals surface area contributed by atoms with Crippen LogP contribution in [0.25, 0.3) is 10.8 Å². The Morgan fingerprint density at radius 2 is 1.34 bits per heavy atom. The van der Waals surface area contributed by atoms with Crippen molar-refractivity contribution in [3.8, 4) is 11.5 Å². The van der Waals surface area contributed by atoms with Crippen LogP contribution in [0.5, 0.6) is 11.5 Å². The molecule has 0 heterocycles. The standard InChI is InChI=1S/C28H29N5O6S2/c1-4-29-23-13-12-22-21(27(23)33-30-18-8-7-9-19(16-18)40(36,37)5-2)11-14-24(28(22)35)31-32-25-17-20(10-15-26(25)34)41(38,39)6-3/h7-17,29,34-35H,4-6H2,1-3H3. The number of benzene rings is 4.